The highest BCUT2D eigenvalue weighted by molar-refractivity contribution is 6.00. The van der Waals surface area contributed by atoms with E-state index in [4.69, 9.17) is 11.1 Å². The third-order valence-corrected chi connectivity index (χ3v) is 2.45. The second-order valence-corrected chi connectivity index (χ2v) is 3.59. The molecule has 0 amide bonds. The lowest BCUT2D eigenvalue weighted by Crippen LogP contribution is -2.20. The first kappa shape index (κ1) is 11.1. The Bertz CT molecular complexity index is 545. The number of hydrogen-bond donors (Lipinski definition) is 2. The maximum absolute atomic E-state index is 7.54. The summed E-state index contributed by atoms with van der Waals surface area (Å²) in [4.78, 5) is 1.79. The van der Waals surface area contributed by atoms with Gasteiger partial charge in [0, 0.05) is 19.7 Å². The van der Waals surface area contributed by atoms with Crippen molar-refractivity contribution in [1.29, 1.82) is 5.41 Å². The van der Waals surface area contributed by atoms with E-state index < -0.39 is 0 Å². The lowest BCUT2D eigenvalue weighted by molar-refractivity contribution is 0.708. The molecular weight excluding hydrogens is 218 g/mol. The molecule has 0 aliphatic rings. The molecule has 2 rings (SSSR count). The zero-order valence-electron chi connectivity index (χ0n) is 9.62. The molecule has 0 saturated carbocycles. The molecule has 2 aromatic rings. The van der Waals surface area contributed by atoms with Crippen LogP contribution in [0.1, 0.15) is 5.56 Å². The summed E-state index contributed by atoms with van der Waals surface area (Å²) in [6.45, 7) is 0. The molecule has 0 atom stereocenters. The number of para-hydroxylation sites is 1. The van der Waals surface area contributed by atoms with Crippen LogP contribution in [0, 0.1) is 5.41 Å². The lowest BCUT2D eigenvalue weighted by atomic mass is 10.1. The molecule has 0 aliphatic carbocycles. The summed E-state index contributed by atoms with van der Waals surface area (Å²) in [6, 6.07) is 7.37. The van der Waals surface area contributed by atoms with Crippen molar-refractivity contribution in [2.45, 2.75) is 0 Å². The predicted molar refractivity (Wildman–Crippen MR) is 64.3 cm³/mol. The Morgan fingerprint density at radius 1 is 1.41 bits per heavy atom. The molecule has 1 heterocycles. The zero-order chi connectivity index (χ0) is 12.4. The van der Waals surface area contributed by atoms with E-state index in [0.717, 1.165) is 5.69 Å². The van der Waals surface area contributed by atoms with E-state index in [1.54, 1.807) is 22.7 Å². The van der Waals surface area contributed by atoms with Crippen LogP contribution in [0.5, 0.6) is 0 Å². The molecule has 0 fully saturated rings. The third-order valence-electron chi connectivity index (χ3n) is 2.45. The van der Waals surface area contributed by atoms with Crippen molar-refractivity contribution in [2.24, 2.45) is 12.8 Å². The van der Waals surface area contributed by atoms with Gasteiger partial charge in [0.2, 0.25) is 5.95 Å². The molecule has 0 unspecified atom stereocenters. The minimum absolute atomic E-state index is 0.0163. The van der Waals surface area contributed by atoms with E-state index in [9.17, 15) is 0 Å². The number of nitrogens with two attached hydrogens (primary N) is 1. The van der Waals surface area contributed by atoms with Crippen molar-refractivity contribution in [1.82, 2.24) is 20.2 Å². The van der Waals surface area contributed by atoms with E-state index in [-0.39, 0.29) is 5.84 Å². The van der Waals surface area contributed by atoms with Crippen LogP contribution in [0.4, 0.5) is 11.6 Å². The first-order valence-corrected chi connectivity index (χ1v) is 5.00. The number of anilines is 2. The van der Waals surface area contributed by atoms with E-state index >= 15 is 0 Å². The Labute approximate surface area is 98.4 Å². The van der Waals surface area contributed by atoms with Crippen molar-refractivity contribution in [3.05, 3.63) is 29.8 Å². The zero-order valence-corrected chi connectivity index (χ0v) is 9.62. The van der Waals surface area contributed by atoms with Crippen LogP contribution < -0.4 is 10.6 Å². The molecule has 17 heavy (non-hydrogen) atoms. The lowest BCUT2D eigenvalue weighted by Gasteiger charge is -2.19. The van der Waals surface area contributed by atoms with Crippen molar-refractivity contribution < 1.29 is 0 Å². The maximum Gasteiger partial charge on any atom is 0.249 e. The minimum Gasteiger partial charge on any atom is -0.384 e. The second-order valence-electron chi connectivity index (χ2n) is 3.59. The van der Waals surface area contributed by atoms with Gasteiger partial charge in [-0.25, -0.2) is 4.68 Å². The van der Waals surface area contributed by atoms with Gasteiger partial charge in [-0.3, -0.25) is 5.41 Å². The molecular formula is C10H13N7. The van der Waals surface area contributed by atoms with E-state index in [1.165, 1.54) is 0 Å². The number of tetrazole rings is 1. The minimum atomic E-state index is 0.0163. The number of benzene rings is 1. The summed E-state index contributed by atoms with van der Waals surface area (Å²) >= 11 is 0. The Morgan fingerprint density at radius 2 is 2.12 bits per heavy atom. The van der Waals surface area contributed by atoms with Gasteiger partial charge in [0.15, 0.2) is 0 Å². The van der Waals surface area contributed by atoms with E-state index in [1.807, 2.05) is 25.2 Å². The highest BCUT2D eigenvalue weighted by Gasteiger charge is 2.14. The summed E-state index contributed by atoms with van der Waals surface area (Å²) in [6.07, 6.45) is 0. The molecule has 0 saturated heterocycles. The van der Waals surface area contributed by atoms with Crippen LogP contribution >= 0.6 is 0 Å². The second kappa shape index (κ2) is 4.20. The van der Waals surface area contributed by atoms with Gasteiger partial charge >= 0.3 is 0 Å². The number of nitrogens with zero attached hydrogens (tertiary/aromatic N) is 5. The Kier molecular flexibility index (Phi) is 2.73. The number of rotatable bonds is 3. The Balaban J connectivity index is 2.48. The fourth-order valence-corrected chi connectivity index (χ4v) is 1.61. The van der Waals surface area contributed by atoms with Crippen molar-refractivity contribution in [3.63, 3.8) is 0 Å². The molecule has 1 aromatic heterocycles. The SMILES string of the molecule is CN(c1ccccc1C(=N)N)c1nnnn1C. The number of nitrogens with one attached hydrogen (secondary N) is 1. The Hall–Kier alpha value is -2.44. The summed E-state index contributed by atoms with van der Waals surface area (Å²) in [7, 11) is 3.58. The van der Waals surface area contributed by atoms with Gasteiger partial charge in [-0.15, -0.1) is 0 Å². The molecule has 0 aliphatic heterocycles. The predicted octanol–water partition coefficient (Wildman–Crippen LogP) is 0.262. The van der Waals surface area contributed by atoms with Crippen LogP contribution in [0.2, 0.25) is 0 Å². The first-order chi connectivity index (χ1) is 8.11. The fourth-order valence-electron chi connectivity index (χ4n) is 1.61. The molecule has 0 spiro atoms. The van der Waals surface area contributed by atoms with E-state index in [0.29, 0.717) is 11.5 Å². The third kappa shape index (κ3) is 1.94. The summed E-state index contributed by atoms with van der Waals surface area (Å²) < 4.78 is 1.55. The fraction of sp³-hybridized carbons (Fsp3) is 0.200. The van der Waals surface area contributed by atoms with Crippen LogP contribution in [0.3, 0.4) is 0 Å². The number of aryl methyl sites for hydroxylation is 1. The first-order valence-electron chi connectivity index (χ1n) is 5.00. The molecule has 0 bridgehead atoms. The molecule has 7 heteroatoms. The number of nitrogen functional groups attached to an aromatic ring is 1. The summed E-state index contributed by atoms with van der Waals surface area (Å²) in [5, 5.41) is 18.8. The van der Waals surface area contributed by atoms with Crippen LogP contribution in [-0.2, 0) is 7.05 Å². The summed E-state index contributed by atoms with van der Waals surface area (Å²) in [5.41, 5.74) is 6.98. The number of amidine groups is 1. The highest BCUT2D eigenvalue weighted by Crippen LogP contribution is 2.23. The average molecular weight is 231 g/mol. The smallest absolute Gasteiger partial charge is 0.249 e. The maximum atomic E-state index is 7.54. The normalized spacial score (nSPS) is 10.2. The number of hydrogen-bond acceptors (Lipinski definition) is 5. The van der Waals surface area contributed by atoms with Crippen LogP contribution in [0.15, 0.2) is 24.3 Å². The average Bonchev–Trinajstić information content (AvgIpc) is 2.74. The quantitative estimate of drug-likeness (QED) is 0.583. The highest BCUT2D eigenvalue weighted by atomic mass is 15.6. The van der Waals surface area contributed by atoms with Crippen LogP contribution in [0.25, 0.3) is 0 Å². The summed E-state index contributed by atoms with van der Waals surface area (Å²) in [5.74, 6) is 0.598. The van der Waals surface area contributed by atoms with E-state index in [2.05, 4.69) is 15.5 Å². The largest absolute Gasteiger partial charge is 0.384 e. The van der Waals surface area contributed by atoms with Gasteiger partial charge in [-0.05, 0) is 22.6 Å². The van der Waals surface area contributed by atoms with Crippen molar-refractivity contribution in [3.8, 4) is 0 Å². The number of aromatic nitrogens is 4. The Morgan fingerprint density at radius 3 is 2.71 bits per heavy atom. The van der Waals surface area contributed by atoms with Gasteiger partial charge in [0.1, 0.15) is 5.84 Å². The van der Waals surface area contributed by atoms with Crippen LogP contribution in [-0.4, -0.2) is 33.1 Å². The van der Waals surface area contributed by atoms with Gasteiger partial charge in [-0.1, -0.05) is 17.2 Å². The molecule has 0 radical (unpaired) electrons. The van der Waals surface area contributed by atoms with Crippen molar-refractivity contribution >= 4 is 17.5 Å². The van der Waals surface area contributed by atoms with Gasteiger partial charge < -0.3 is 10.6 Å². The van der Waals surface area contributed by atoms with Gasteiger partial charge in [-0.2, -0.15) is 0 Å². The molecule has 3 N–H and O–H groups in total. The molecule has 88 valence electrons. The van der Waals surface area contributed by atoms with Gasteiger partial charge in [0.25, 0.3) is 0 Å². The van der Waals surface area contributed by atoms with Crippen molar-refractivity contribution in [2.75, 3.05) is 11.9 Å². The topological polar surface area (TPSA) is 96.7 Å². The van der Waals surface area contributed by atoms with Gasteiger partial charge in [0.05, 0.1) is 5.69 Å². The standard InChI is InChI=1S/C10H13N7/c1-16(10-13-14-15-17(10)2)8-6-4-3-5-7(8)9(11)12/h3-6H,1-2H3,(H3,11,12). The molecule has 7 nitrogen and oxygen atoms in total. The molecule has 1 aromatic carbocycles. The monoisotopic (exact) mass is 231 g/mol.